The molecule has 0 fully saturated rings. The normalized spacial score (nSPS) is 10.6. The minimum Gasteiger partial charge on any atom is -0.493 e. The van der Waals surface area contributed by atoms with Crippen molar-refractivity contribution in [1.29, 1.82) is 0 Å². The number of aromatic nitrogens is 2. The summed E-state index contributed by atoms with van der Waals surface area (Å²) in [7, 11) is 4.63. The second kappa shape index (κ2) is 9.29. The van der Waals surface area contributed by atoms with Gasteiger partial charge in [0.15, 0.2) is 17.2 Å². The highest BCUT2D eigenvalue weighted by Gasteiger charge is 2.18. The zero-order chi connectivity index (χ0) is 22.7. The number of thiophene rings is 1. The summed E-state index contributed by atoms with van der Waals surface area (Å²) >= 11 is 7.29. The van der Waals surface area contributed by atoms with Crippen molar-refractivity contribution < 1.29 is 19.0 Å². The van der Waals surface area contributed by atoms with Crippen LogP contribution in [0.3, 0.4) is 0 Å². The highest BCUT2D eigenvalue weighted by atomic mass is 35.5. The van der Waals surface area contributed by atoms with Gasteiger partial charge in [0.2, 0.25) is 0 Å². The van der Waals surface area contributed by atoms with Gasteiger partial charge in [0.05, 0.1) is 32.4 Å². The molecule has 8 nitrogen and oxygen atoms in total. The molecule has 0 aliphatic carbocycles. The molecular formula is C22H19ClN4O4S. The first kappa shape index (κ1) is 21.7. The maximum atomic E-state index is 12.5. The van der Waals surface area contributed by atoms with Crippen molar-refractivity contribution in [2.45, 2.75) is 0 Å². The van der Waals surface area contributed by atoms with Gasteiger partial charge in [0, 0.05) is 28.2 Å². The minimum absolute atomic E-state index is 0.298. The molecule has 2 heterocycles. The SMILES string of the molecule is COc1cc2ncnc(Nc3ccc(NC(=O)c4csc(Cl)c4OC)cc3)c2cc1OC. The molecule has 0 unspecified atom stereocenters. The molecule has 0 atom stereocenters. The van der Waals surface area contributed by atoms with Gasteiger partial charge in [-0.05, 0) is 30.3 Å². The van der Waals surface area contributed by atoms with Crippen molar-refractivity contribution in [2.75, 3.05) is 32.0 Å². The van der Waals surface area contributed by atoms with E-state index in [0.717, 1.165) is 11.1 Å². The molecule has 1 amide bonds. The van der Waals surface area contributed by atoms with Gasteiger partial charge in [0.1, 0.15) is 16.5 Å². The van der Waals surface area contributed by atoms with Crippen LogP contribution in [0.25, 0.3) is 10.9 Å². The standard InChI is InChI=1S/C22H19ClN4O4S/c1-29-17-8-14-16(9-18(17)30-2)24-11-25-21(14)26-12-4-6-13(7-5-12)27-22(28)15-10-32-20(23)19(15)31-3/h4-11H,1-3H3,(H,27,28)(H,24,25,26). The molecule has 2 aromatic heterocycles. The molecule has 0 saturated carbocycles. The average Bonchev–Trinajstić information content (AvgIpc) is 3.20. The zero-order valence-electron chi connectivity index (χ0n) is 17.4. The monoisotopic (exact) mass is 470 g/mol. The maximum absolute atomic E-state index is 12.5. The molecule has 0 radical (unpaired) electrons. The van der Waals surface area contributed by atoms with Crippen molar-refractivity contribution in [3.8, 4) is 17.2 Å². The maximum Gasteiger partial charge on any atom is 0.260 e. The van der Waals surface area contributed by atoms with Gasteiger partial charge in [0.25, 0.3) is 5.91 Å². The van der Waals surface area contributed by atoms with Crippen LogP contribution in [0.2, 0.25) is 4.34 Å². The fourth-order valence-electron chi connectivity index (χ4n) is 3.13. The first-order valence-corrected chi connectivity index (χ1v) is 10.7. The highest BCUT2D eigenvalue weighted by molar-refractivity contribution is 7.15. The van der Waals surface area contributed by atoms with Crippen LogP contribution in [0.4, 0.5) is 17.2 Å². The van der Waals surface area contributed by atoms with Crippen LogP contribution in [-0.4, -0.2) is 37.2 Å². The summed E-state index contributed by atoms with van der Waals surface area (Å²) in [5.74, 6) is 1.86. The number of carbonyl (C=O) groups is 1. The Bertz CT molecular complexity index is 1280. The van der Waals surface area contributed by atoms with Crippen LogP contribution in [0, 0.1) is 0 Å². The lowest BCUT2D eigenvalue weighted by Crippen LogP contribution is -2.12. The number of benzene rings is 2. The average molecular weight is 471 g/mol. The molecule has 0 spiro atoms. The topological polar surface area (TPSA) is 94.6 Å². The highest BCUT2D eigenvalue weighted by Crippen LogP contribution is 2.36. The van der Waals surface area contributed by atoms with Crippen LogP contribution in [0.1, 0.15) is 10.4 Å². The summed E-state index contributed by atoms with van der Waals surface area (Å²) in [6.45, 7) is 0. The van der Waals surface area contributed by atoms with E-state index < -0.39 is 0 Å². The first-order valence-electron chi connectivity index (χ1n) is 9.40. The van der Waals surface area contributed by atoms with Gasteiger partial charge in [-0.1, -0.05) is 11.6 Å². The summed E-state index contributed by atoms with van der Waals surface area (Å²) in [4.78, 5) is 21.2. The Morgan fingerprint density at radius 3 is 2.34 bits per heavy atom. The molecule has 0 bridgehead atoms. The molecular weight excluding hydrogens is 452 g/mol. The minimum atomic E-state index is -0.298. The van der Waals surface area contributed by atoms with Gasteiger partial charge in [-0.25, -0.2) is 9.97 Å². The molecule has 2 N–H and O–H groups in total. The molecule has 164 valence electrons. The fourth-order valence-corrected chi connectivity index (χ4v) is 4.17. The zero-order valence-corrected chi connectivity index (χ0v) is 19.0. The van der Waals surface area contributed by atoms with E-state index in [1.165, 1.54) is 24.8 Å². The first-order chi connectivity index (χ1) is 15.5. The van der Waals surface area contributed by atoms with Crippen LogP contribution < -0.4 is 24.8 Å². The number of rotatable bonds is 7. The molecule has 4 aromatic rings. The third kappa shape index (κ3) is 4.25. The van der Waals surface area contributed by atoms with Crippen LogP contribution >= 0.6 is 22.9 Å². The Morgan fingerprint density at radius 1 is 0.969 bits per heavy atom. The van der Waals surface area contributed by atoms with Gasteiger partial charge in [-0.15, -0.1) is 11.3 Å². The largest absolute Gasteiger partial charge is 0.493 e. The lowest BCUT2D eigenvalue weighted by Gasteiger charge is -2.12. The predicted molar refractivity (Wildman–Crippen MR) is 126 cm³/mol. The third-order valence-corrected chi connectivity index (χ3v) is 5.88. The molecule has 4 rings (SSSR count). The van der Waals surface area contributed by atoms with E-state index in [1.807, 2.05) is 18.2 Å². The molecule has 2 aromatic carbocycles. The molecule has 32 heavy (non-hydrogen) atoms. The van der Waals surface area contributed by atoms with Crippen molar-refractivity contribution in [3.63, 3.8) is 0 Å². The summed E-state index contributed by atoms with van der Waals surface area (Å²) in [5, 5.41) is 8.56. The van der Waals surface area contributed by atoms with E-state index >= 15 is 0 Å². The number of amides is 1. The van der Waals surface area contributed by atoms with E-state index in [9.17, 15) is 4.79 Å². The van der Waals surface area contributed by atoms with Crippen molar-refractivity contribution in [1.82, 2.24) is 9.97 Å². The van der Waals surface area contributed by atoms with Gasteiger partial charge in [-0.2, -0.15) is 0 Å². The Morgan fingerprint density at radius 2 is 1.66 bits per heavy atom. The number of anilines is 3. The smallest absolute Gasteiger partial charge is 0.260 e. The Kier molecular flexibility index (Phi) is 6.29. The Balaban J connectivity index is 1.54. The summed E-state index contributed by atoms with van der Waals surface area (Å²) in [5.41, 5.74) is 2.52. The van der Waals surface area contributed by atoms with Gasteiger partial charge >= 0.3 is 0 Å². The number of ether oxygens (including phenoxy) is 3. The number of nitrogens with one attached hydrogen (secondary N) is 2. The predicted octanol–water partition coefficient (Wildman–Crippen LogP) is 5.37. The van der Waals surface area contributed by atoms with E-state index in [4.69, 9.17) is 25.8 Å². The van der Waals surface area contributed by atoms with E-state index in [2.05, 4.69) is 20.6 Å². The number of hydrogen-bond donors (Lipinski definition) is 2. The van der Waals surface area contributed by atoms with Crippen LogP contribution in [-0.2, 0) is 0 Å². The Labute approximate surface area is 193 Å². The van der Waals surface area contributed by atoms with Crippen molar-refractivity contribution >= 4 is 56.9 Å². The van der Waals surface area contributed by atoms with Gasteiger partial charge in [-0.3, -0.25) is 4.79 Å². The van der Waals surface area contributed by atoms with Crippen molar-refractivity contribution in [3.05, 3.63) is 58.0 Å². The second-order valence-corrected chi connectivity index (χ2v) is 8.04. The van der Waals surface area contributed by atoms with Gasteiger partial charge < -0.3 is 24.8 Å². The number of carbonyl (C=O) groups excluding carboxylic acids is 1. The van der Waals surface area contributed by atoms with Crippen LogP contribution in [0.15, 0.2) is 48.1 Å². The lowest BCUT2D eigenvalue weighted by molar-refractivity contribution is 0.102. The van der Waals surface area contributed by atoms with Crippen LogP contribution in [0.5, 0.6) is 17.2 Å². The number of halogens is 1. The fraction of sp³-hybridized carbons (Fsp3) is 0.136. The van der Waals surface area contributed by atoms with E-state index in [0.29, 0.717) is 44.2 Å². The molecule has 0 saturated heterocycles. The number of methoxy groups -OCH3 is 3. The van der Waals surface area contributed by atoms with Crippen molar-refractivity contribution in [2.24, 2.45) is 0 Å². The molecule has 10 heteroatoms. The third-order valence-electron chi connectivity index (χ3n) is 4.70. The summed E-state index contributed by atoms with van der Waals surface area (Å²) in [6.07, 6.45) is 1.48. The van der Waals surface area contributed by atoms with E-state index in [1.54, 1.807) is 37.8 Å². The Hall–Kier alpha value is -3.56. The molecule has 0 aliphatic rings. The summed E-state index contributed by atoms with van der Waals surface area (Å²) in [6, 6.07) is 10.9. The number of nitrogens with zero attached hydrogens (tertiary/aromatic N) is 2. The van der Waals surface area contributed by atoms with E-state index in [-0.39, 0.29) is 5.91 Å². The number of hydrogen-bond acceptors (Lipinski definition) is 8. The second-order valence-electron chi connectivity index (χ2n) is 6.56. The molecule has 0 aliphatic heterocycles. The number of fused-ring (bicyclic) bond motifs is 1. The summed E-state index contributed by atoms with van der Waals surface area (Å²) < 4.78 is 16.4. The quantitative estimate of drug-likeness (QED) is 0.375. The lowest BCUT2D eigenvalue weighted by atomic mass is 10.2.